The van der Waals surface area contributed by atoms with Crippen LogP contribution in [-0.4, -0.2) is 74.0 Å². The van der Waals surface area contributed by atoms with Crippen molar-refractivity contribution in [3.05, 3.63) is 22.2 Å². The number of hydrogen-bond donors (Lipinski definition) is 0. The van der Waals surface area contributed by atoms with Gasteiger partial charge in [-0.2, -0.15) is 11.3 Å². The molecule has 1 amide bonds. The number of piperazine rings is 1. The fourth-order valence-electron chi connectivity index (χ4n) is 3.76. The van der Waals surface area contributed by atoms with Crippen molar-refractivity contribution in [1.29, 1.82) is 0 Å². The van der Waals surface area contributed by atoms with Crippen molar-refractivity contribution in [2.24, 2.45) is 5.92 Å². The van der Waals surface area contributed by atoms with Gasteiger partial charge >= 0.3 is 0 Å². The minimum atomic E-state index is -3.16. The van der Waals surface area contributed by atoms with Gasteiger partial charge in [0.15, 0.2) is 5.13 Å². The van der Waals surface area contributed by atoms with E-state index in [0.29, 0.717) is 39.0 Å². The minimum absolute atomic E-state index is 0.0605. The molecule has 2 aliphatic rings. The Kier molecular flexibility index (Phi) is 5.73. The molecule has 2 aromatic rings. The third-order valence-electron chi connectivity index (χ3n) is 5.44. The van der Waals surface area contributed by atoms with Crippen LogP contribution < -0.4 is 4.90 Å². The maximum absolute atomic E-state index is 12.8. The molecule has 0 unspecified atom stereocenters. The molecule has 2 saturated heterocycles. The lowest BCUT2D eigenvalue weighted by atomic mass is 9.96. The van der Waals surface area contributed by atoms with E-state index in [2.05, 4.69) is 27.1 Å². The molecule has 0 bridgehead atoms. The van der Waals surface area contributed by atoms with E-state index in [1.54, 1.807) is 22.7 Å². The number of hydrogen-bond acceptors (Lipinski definition) is 7. The Hall–Kier alpha value is -1.49. The van der Waals surface area contributed by atoms with Crippen LogP contribution in [0.3, 0.4) is 0 Å². The van der Waals surface area contributed by atoms with Crippen LogP contribution in [0, 0.1) is 5.92 Å². The van der Waals surface area contributed by atoms with Crippen LogP contribution in [0.1, 0.15) is 12.8 Å². The van der Waals surface area contributed by atoms with Gasteiger partial charge < -0.3 is 9.80 Å². The number of aromatic nitrogens is 1. The van der Waals surface area contributed by atoms with Gasteiger partial charge in [0.1, 0.15) is 0 Å². The second-order valence-corrected chi connectivity index (χ2v) is 10.9. The molecule has 0 aliphatic carbocycles. The maximum Gasteiger partial charge on any atom is 0.225 e. The Morgan fingerprint density at radius 1 is 1.11 bits per heavy atom. The smallest absolute Gasteiger partial charge is 0.225 e. The van der Waals surface area contributed by atoms with Crippen LogP contribution in [0.2, 0.25) is 0 Å². The second-order valence-electron chi connectivity index (χ2n) is 7.28. The zero-order chi connectivity index (χ0) is 19.7. The fourth-order valence-corrected chi connectivity index (χ4v) is 6.18. The van der Waals surface area contributed by atoms with Gasteiger partial charge in [-0.25, -0.2) is 17.7 Å². The highest BCUT2D eigenvalue weighted by Gasteiger charge is 2.33. The molecule has 4 rings (SSSR count). The van der Waals surface area contributed by atoms with Crippen LogP contribution >= 0.6 is 22.7 Å². The van der Waals surface area contributed by atoms with Crippen LogP contribution in [0.25, 0.3) is 11.3 Å². The Morgan fingerprint density at radius 2 is 1.82 bits per heavy atom. The summed E-state index contributed by atoms with van der Waals surface area (Å²) in [5, 5.41) is 7.25. The van der Waals surface area contributed by atoms with E-state index in [4.69, 9.17) is 4.98 Å². The summed E-state index contributed by atoms with van der Waals surface area (Å²) >= 11 is 3.32. The molecule has 2 aliphatic heterocycles. The number of carbonyl (C=O) groups is 1. The second kappa shape index (κ2) is 8.10. The number of piperidine rings is 1. The third-order valence-corrected chi connectivity index (χ3v) is 8.33. The summed E-state index contributed by atoms with van der Waals surface area (Å²) in [4.78, 5) is 21.8. The molecule has 2 aromatic heterocycles. The van der Waals surface area contributed by atoms with Crippen molar-refractivity contribution in [1.82, 2.24) is 14.2 Å². The molecule has 28 heavy (non-hydrogen) atoms. The van der Waals surface area contributed by atoms with Crippen molar-refractivity contribution in [2.75, 3.05) is 50.4 Å². The van der Waals surface area contributed by atoms with Crippen molar-refractivity contribution in [3.63, 3.8) is 0 Å². The lowest BCUT2D eigenvalue weighted by Gasteiger charge is -2.38. The molecule has 0 spiro atoms. The first-order valence-corrected chi connectivity index (χ1v) is 13.1. The number of rotatable bonds is 4. The number of thiophene rings is 1. The van der Waals surface area contributed by atoms with Gasteiger partial charge in [0, 0.05) is 61.5 Å². The Morgan fingerprint density at radius 3 is 2.43 bits per heavy atom. The van der Waals surface area contributed by atoms with E-state index in [9.17, 15) is 13.2 Å². The Labute approximate surface area is 173 Å². The van der Waals surface area contributed by atoms with Crippen molar-refractivity contribution < 1.29 is 13.2 Å². The number of thiazole rings is 1. The topological polar surface area (TPSA) is 73.8 Å². The first-order valence-electron chi connectivity index (χ1n) is 9.39. The lowest BCUT2D eigenvalue weighted by molar-refractivity contribution is -0.137. The molecule has 0 atom stereocenters. The zero-order valence-electron chi connectivity index (χ0n) is 15.8. The number of sulfonamides is 1. The standard InChI is InChI=1S/C18H24N4O3S3/c1-28(24,25)22-5-2-14(3-6-22)17(23)20-7-9-21(10-8-20)18-19-16(13-27-18)15-4-11-26-12-15/h4,11-14H,2-3,5-10H2,1H3. The van der Waals surface area contributed by atoms with Gasteiger partial charge in [0.25, 0.3) is 0 Å². The van der Waals surface area contributed by atoms with Crippen molar-refractivity contribution >= 4 is 43.7 Å². The maximum atomic E-state index is 12.8. The highest BCUT2D eigenvalue weighted by molar-refractivity contribution is 7.88. The summed E-state index contributed by atoms with van der Waals surface area (Å²) in [6, 6.07) is 2.08. The van der Waals surface area contributed by atoms with Gasteiger partial charge in [0.05, 0.1) is 11.9 Å². The highest BCUT2D eigenvalue weighted by Crippen LogP contribution is 2.29. The van der Waals surface area contributed by atoms with E-state index >= 15 is 0 Å². The molecule has 10 heteroatoms. The van der Waals surface area contributed by atoms with Crippen molar-refractivity contribution in [2.45, 2.75) is 12.8 Å². The molecule has 0 aromatic carbocycles. The van der Waals surface area contributed by atoms with E-state index < -0.39 is 10.0 Å². The van der Waals surface area contributed by atoms with Gasteiger partial charge in [-0.15, -0.1) is 11.3 Å². The summed E-state index contributed by atoms with van der Waals surface area (Å²) < 4.78 is 24.7. The largest absolute Gasteiger partial charge is 0.345 e. The summed E-state index contributed by atoms with van der Waals surface area (Å²) in [5.74, 6) is 0.112. The molecule has 0 saturated carbocycles. The van der Waals surface area contributed by atoms with Crippen LogP contribution in [0.4, 0.5) is 5.13 Å². The van der Waals surface area contributed by atoms with E-state index in [1.165, 1.54) is 10.6 Å². The molecule has 0 N–H and O–H groups in total. The monoisotopic (exact) mass is 440 g/mol. The highest BCUT2D eigenvalue weighted by atomic mass is 32.2. The minimum Gasteiger partial charge on any atom is -0.345 e. The number of amides is 1. The zero-order valence-corrected chi connectivity index (χ0v) is 18.2. The lowest BCUT2D eigenvalue weighted by Crippen LogP contribution is -2.52. The third kappa shape index (κ3) is 4.24. The quantitative estimate of drug-likeness (QED) is 0.729. The van der Waals surface area contributed by atoms with E-state index in [0.717, 1.165) is 29.5 Å². The summed E-state index contributed by atoms with van der Waals surface area (Å²) in [6.45, 7) is 3.84. The first-order chi connectivity index (χ1) is 13.4. The van der Waals surface area contributed by atoms with Gasteiger partial charge in [-0.05, 0) is 24.3 Å². The van der Waals surface area contributed by atoms with E-state index in [1.807, 2.05) is 4.90 Å². The van der Waals surface area contributed by atoms with Crippen molar-refractivity contribution in [3.8, 4) is 11.3 Å². The molecular formula is C18H24N4O3S3. The summed E-state index contributed by atoms with van der Waals surface area (Å²) in [6.07, 6.45) is 2.46. The molecule has 152 valence electrons. The van der Waals surface area contributed by atoms with Crippen LogP contribution in [-0.2, 0) is 14.8 Å². The summed E-state index contributed by atoms with van der Waals surface area (Å²) in [5.41, 5.74) is 2.17. The summed E-state index contributed by atoms with van der Waals surface area (Å²) in [7, 11) is -3.16. The predicted octanol–water partition coefficient (Wildman–Crippen LogP) is 2.19. The normalized spacial score (nSPS) is 19.9. The van der Waals surface area contributed by atoms with E-state index in [-0.39, 0.29) is 11.8 Å². The molecule has 7 nitrogen and oxygen atoms in total. The Bertz CT molecular complexity index is 910. The van der Waals surface area contributed by atoms with Gasteiger partial charge in [-0.1, -0.05) is 0 Å². The molecule has 0 radical (unpaired) electrons. The van der Waals surface area contributed by atoms with Gasteiger partial charge in [0.2, 0.25) is 15.9 Å². The van der Waals surface area contributed by atoms with Crippen LogP contribution in [0.15, 0.2) is 22.2 Å². The number of carbonyl (C=O) groups excluding carboxylic acids is 1. The van der Waals surface area contributed by atoms with Crippen LogP contribution in [0.5, 0.6) is 0 Å². The fraction of sp³-hybridized carbons (Fsp3) is 0.556. The molecule has 2 fully saturated rings. The number of anilines is 1. The molecular weight excluding hydrogens is 416 g/mol. The predicted molar refractivity (Wildman–Crippen MR) is 113 cm³/mol. The molecule has 4 heterocycles. The number of nitrogens with zero attached hydrogens (tertiary/aromatic N) is 4. The average molecular weight is 441 g/mol. The SMILES string of the molecule is CS(=O)(=O)N1CCC(C(=O)N2CCN(c3nc(-c4ccsc4)cs3)CC2)CC1. The average Bonchev–Trinajstić information content (AvgIpc) is 3.38. The van der Waals surface area contributed by atoms with Gasteiger partial charge in [-0.3, -0.25) is 4.79 Å². The Balaban J connectivity index is 1.30. The first kappa shape index (κ1) is 19.8.